The zero-order valence-corrected chi connectivity index (χ0v) is 9.17. The van der Waals surface area contributed by atoms with Crippen molar-refractivity contribution < 1.29 is 4.74 Å². The Kier molecular flexibility index (Phi) is 3.79. The Morgan fingerprint density at radius 1 is 1.36 bits per heavy atom. The quantitative estimate of drug-likeness (QED) is 0.727. The fourth-order valence-corrected chi connectivity index (χ4v) is 2.44. The fourth-order valence-electron chi connectivity index (χ4n) is 2.44. The van der Waals surface area contributed by atoms with Crippen LogP contribution in [-0.4, -0.2) is 50.3 Å². The number of hydrogen-bond donors (Lipinski definition) is 1. The van der Waals surface area contributed by atoms with E-state index >= 15 is 0 Å². The third-order valence-electron chi connectivity index (χ3n) is 3.42. The van der Waals surface area contributed by atoms with Gasteiger partial charge in [-0.3, -0.25) is 4.90 Å². The highest BCUT2D eigenvalue weighted by molar-refractivity contribution is 4.80. The standard InChI is InChI=1S/C11H22N2O/c1-13(10-5-6-12-8-10)9-11-4-2-3-7-14-11/h10-12H,2-9H2,1H3. The van der Waals surface area contributed by atoms with Crippen LogP contribution in [0, 0.1) is 0 Å². The van der Waals surface area contributed by atoms with E-state index in [4.69, 9.17) is 4.74 Å². The lowest BCUT2D eigenvalue weighted by molar-refractivity contribution is -0.00684. The molecule has 2 fully saturated rings. The van der Waals surface area contributed by atoms with Crippen LogP contribution in [0.1, 0.15) is 25.7 Å². The van der Waals surface area contributed by atoms with E-state index in [-0.39, 0.29) is 0 Å². The molecule has 0 aliphatic carbocycles. The van der Waals surface area contributed by atoms with E-state index in [0.29, 0.717) is 6.10 Å². The molecule has 0 aromatic rings. The third-order valence-corrected chi connectivity index (χ3v) is 3.42. The van der Waals surface area contributed by atoms with Crippen LogP contribution in [0.5, 0.6) is 0 Å². The van der Waals surface area contributed by atoms with Crippen LogP contribution in [0.25, 0.3) is 0 Å². The second-order valence-electron chi connectivity index (χ2n) is 4.57. The van der Waals surface area contributed by atoms with Gasteiger partial charge in [0.25, 0.3) is 0 Å². The molecule has 2 heterocycles. The summed E-state index contributed by atoms with van der Waals surface area (Å²) in [6, 6.07) is 0.737. The average Bonchev–Trinajstić information content (AvgIpc) is 2.72. The highest BCUT2D eigenvalue weighted by Crippen LogP contribution is 2.15. The highest BCUT2D eigenvalue weighted by atomic mass is 16.5. The van der Waals surface area contributed by atoms with Gasteiger partial charge < -0.3 is 10.1 Å². The van der Waals surface area contributed by atoms with Gasteiger partial charge in [-0.2, -0.15) is 0 Å². The predicted molar refractivity (Wildman–Crippen MR) is 57.5 cm³/mol. The molecule has 2 rings (SSSR count). The molecule has 2 aliphatic heterocycles. The second-order valence-corrected chi connectivity index (χ2v) is 4.57. The maximum Gasteiger partial charge on any atom is 0.0702 e. The van der Waals surface area contributed by atoms with Crippen molar-refractivity contribution in [2.24, 2.45) is 0 Å². The topological polar surface area (TPSA) is 24.5 Å². The van der Waals surface area contributed by atoms with E-state index in [1.165, 1.54) is 32.2 Å². The zero-order valence-electron chi connectivity index (χ0n) is 9.17. The van der Waals surface area contributed by atoms with Crippen molar-refractivity contribution in [3.8, 4) is 0 Å². The first kappa shape index (κ1) is 10.4. The predicted octanol–water partition coefficient (Wildman–Crippen LogP) is 0.849. The van der Waals surface area contributed by atoms with Crippen molar-refractivity contribution in [3.05, 3.63) is 0 Å². The summed E-state index contributed by atoms with van der Waals surface area (Å²) < 4.78 is 5.75. The molecule has 0 radical (unpaired) electrons. The minimum absolute atomic E-state index is 0.495. The molecule has 0 amide bonds. The summed E-state index contributed by atoms with van der Waals surface area (Å²) in [7, 11) is 2.23. The average molecular weight is 198 g/mol. The van der Waals surface area contributed by atoms with Crippen molar-refractivity contribution in [1.82, 2.24) is 10.2 Å². The summed E-state index contributed by atoms with van der Waals surface area (Å²) in [5, 5.41) is 3.41. The molecule has 3 nitrogen and oxygen atoms in total. The van der Waals surface area contributed by atoms with Crippen LogP contribution < -0.4 is 5.32 Å². The zero-order chi connectivity index (χ0) is 9.80. The van der Waals surface area contributed by atoms with Gasteiger partial charge in [-0.1, -0.05) is 0 Å². The molecule has 2 saturated heterocycles. The van der Waals surface area contributed by atoms with Crippen LogP contribution >= 0.6 is 0 Å². The number of rotatable bonds is 3. The van der Waals surface area contributed by atoms with Crippen molar-refractivity contribution >= 4 is 0 Å². The molecule has 0 aromatic carbocycles. The molecule has 2 unspecified atom stereocenters. The summed E-state index contributed by atoms with van der Waals surface area (Å²) in [6.07, 6.45) is 5.65. The summed E-state index contributed by atoms with van der Waals surface area (Å²) in [5.41, 5.74) is 0. The monoisotopic (exact) mass is 198 g/mol. The van der Waals surface area contributed by atoms with E-state index < -0.39 is 0 Å². The van der Waals surface area contributed by atoms with Gasteiger partial charge in [0.2, 0.25) is 0 Å². The Morgan fingerprint density at radius 3 is 2.93 bits per heavy atom. The van der Waals surface area contributed by atoms with E-state index in [1.54, 1.807) is 0 Å². The van der Waals surface area contributed by atoms with Gasteiger partial charge in [-0.25, -0.2) is 0 Å². The molecule has 1 N–H and O–H groups in total. The van der Waals surface area contributed by atoms with E-state index in [0.717, 1.165) is 25.7 Å². The van der Waals surface area contributed by atoms with Gasteiger partial charge in [0, 0.05) is 25.7 Å². The SMILES string of the molecule is CN(CC1CCCCO1)C1CCNC1. The summed E-state index contributed by atoms with van der Waals surface area (Å²) in [6.45, 7) is 4.43. The van der Waals surface area contributed by atoms with E-state index in [1.807, 2.05) is 0 Å². The van der Waals surface area contributed by atoms with Crippen LogP contribution in [0.4, 0.5) is 0 Å². The molecular weight excluding hydrogens is 176 g/mol. The first-order valence-corrected chi connectivity index (χ1v) is 5.89. The molecule has 14 heavy (non-hydrogen) atoms. The Hall–Kier alpha value is -0.120. The first-order valence-electron chi connectivity index (χ1n) is 5.89. The van der Waals surface area contributed by atoms with Crippen molar-refractivity contribution in [1.29, 1.82) is 0 Å². The molecule has 0 spiro atoms. The number of nitrogens with zero attached hydrogens (tertiary/aromatic N) is 1. The molecule has 0 aromatic heterocycles. The maximum absolute atomic E-state index is 5.75. The number of likely N-dealkylation sites (N-methyl/N-ethyl adjacent to an activating group) is 1. The number of hydrogen-bond acceptors (Lipinski definition) is 3. The van der Waals surface area contributed by atoms with Gasteiger partial charge in [0.1, 0.15) is 0 Å². The Labute approximate surface area is 86.8 Å². The lowest BCUT2D eigenvalue weighted by atomic mass is 10.1. The van der Waals surface area contributed by atoms with E-state index in [9.17, 15) is 0 Å². The van der Waals surface area contributed by atoms with Gasteiger partial charge in [-0.05, 0) is 39.3 Å². The first-order chi connectivity index (χ1) is 6.86. The Balaban J connectivity index is 1.72. The minimum Gasteiger partial charge on any atom is -0.377 e. The van der Waals surface area contributed by atoms with Gasteiger partial charge in [0.05, 0.1) is 6.10 Å². The highest BCUT2D eigenvalue weighted by Gasteiger charge is 2.23. The van der Waals surface area contributed by atoms with Crippen molar-refractivity contribution in [2.45, 2.75) is 37.8 Å². The molecule has 2 aliphatic rings. The van der Waals surface area contributed by atoms with Crippen LogP contribution in [0.2, 0.25) is 0 Å². The Bertz CT molecular complexity index is 163. The Morgan fingerprint density at radius 2 is 2.29 bits per heavy atom. The molecule has 82 valence electrons. The van der Waals surface area contributed by atoms with Gasteiger partial charge in [-0.15, -0.1) is 0 Å². The molecule has 0 bridgehead atoms. The molecule has 0 saturated carbocycles. The molecular formula is C11H22N2O. The molecule has 2 atom stereocenters. The summed E-state index contributed by atoms with van der Waals surface area (Å²) in [5.74, 6) is 0. The summed E-state index contributed by atoms with van der Waals surface area (Å²) in [4.78, 5) is 2.47. The lowest BCUT2D eigenvalue weighted by Gasteiger charge is -2.30. The van der Waals surface area contributed by atoms with Gasteiger partial charge >= 0.3 is 0 Å². The maximum atomic E-state index is 5.75. The van der Waals surface area contributed by atoms with Gasteiger partial charge in [0.15, 0.2) is 0 Å². The largest absolute Gasteiger partial charge is 0.377 e. The molecule has 3 heteroatoms. The third kappa shape index (κ3) is 2.69. The van der Waals surface area contributed by atoms with E-state index in [2.05, 4.69) is 17.3 Å². The minimum atomic E-state index is 0.495. The summed E-state index contributed by atoms with van der Waals surface area (Å²) >= 11 is 0. The lowest BCUT2D eigenvalue weighted by Crippen LogP contribution is -2.40. The van der Waals surface area contributed by atoms with Crippen LogP contribution in [0.3, 0.4) is 0 Å². The van der Waals surface area contributed by atoms with Crippen LogP contribution in [-0.2, 0) is 4.74 Å². The number of nitrogens with one attached hydrogen (secondary N) is 1. The van der Waals surface area contributed by atoms with Crippen molar-refractivity contribution in [3.63, 3.8) is 0 Å². The fraction of sp³-hybridized carbons (Fsp3) is 1.00. The van der Waals surface area contributed by atoms with Crippen molar-refractivity contribution in [2.75, 3.05) is 33.3 Å². The van der Waals surface area contributed by atoms with Crippen LogP contribution in [0.15, 0.2) is 0 Å². The smallest absolute Gasteiger partial charge is 0.0702 e. The normalized spacial score (nSPS) is 33.9. The number of ether oxygens (including phenoxy) is 1. The second kappa shape index (κ2) is 5.10.